The average Bonchev–Trinajstić information content (AvgIpc) is 3.32. The molecule has 4 rings (SSSR count). The van der Waals surface area contributed by atoms with Crippen LogP contribution in [0.1, 0.15) is 11.3 Å². The lowest BCUT2D eigenvalue weighted by atomic mass is 10.2. The fourth-order valence-corrected chi connectivity index (χ4v) is 4.78. The topological polar surface area (TPSA) is 124 Å². The Morgan fingerprint density at radius 2 is 1.73 bits per heavy atom. The van der Waals surface area contributed by atoms with Crippen LogP contribution >= 0.6 is 11.6 Å². The van der Waals surface area contributed by atoms with Crippen LogP contribution in [0.3, 0.4) is 0 Å². The number of anilines is 2. The van der Waals surface area contributed by atoms with Crippen LogP contribution in [-0.4, -0.2) is 43.3 Å². The van der Waals surface area contributed by atoms with Gasteiger partial charge in [0.05, 0.1) is 44.8 Å². The fraction of sp³-hybridized carbons (Fsp3) is 0.160. The Morgan fingerprint density at radius 3 is 2.41 bits per heavy atom. The zero-order valence-corrected chi connectivity index (χ0v) is 21.6. The van der Waals surface area contributed by atoms with Crippen molar-refractivity contribution >= 4 is 38.9 Å². The number of amides is 1. The highest BCUT2D eigenvalue weighted by atomic mass is 35.5. The number of benzene rings is 2. The van der Waals surface area contributed by atoms with Crippen LogP contribution in [0.4, 0.5) is 11.4 Å². The Balaban J connectivity index is 1.43. The van der Waals surface area contributed by atoms with Gasteiger partial charge in [-0.3, -0.25) is 14.2 Å². The minimum atomic E-state index is -4.07. The van der Waals surface area contributed by atoms with E-state index < -0.39 is 10.0 Å². The Bertz CT molecular complexity index is 1490. The third-order valence-corrected chi connectivity index (χ3v) is 6.85. The normalized spacial score (nSPS) is 11.1. The molecule has 0 fully saturated rings. The van der Waals surface area contributed by atoms with E-state index >= 15 is 0 Å². The van der Waals surface area contributed by atoms with Gasteiger partial charge in [0.15, 0.2) is 4.90 Å². The molecule has 10 nitrogen and oxygen atoms in total. The first-order valence-electron chi connectivity index (χ1n) is 11.0. The number of aromatic nitrogens is 3. The third kappa shape index (κ3) is 6.78. The first-order chi connectivity index (χ1) is 17.8. The lowest BCUT2D eigenvalue weighted by molar-refractivity contribution is -0.115. The molecule has 4 aromatic rings. The number of pyridine rings is 1. The molecule has 2 aromatic heterocycles. The second-order valence-electron chi connectivity index (χ2n) is 7.92. The number of carbonyl (C=O) groups excluding carboxylic acids is 1. The van der Waals surface area contributed by atoms with E-state index in [0.29, 0.717) is 22.9 Å². The lowest BCUT2D eigenvalue weighted by Gasteiger charge is -2.13. The van der Waals surface area contributed by atoms with Gasteiger partial charge in [-0.25, -0.2) is 13.4 Å². The van der Waals surface area contributed by atoms with Gasteiger partial charge in [-0.15, -0.1) is 0 Å². The first kappa shape index (κ1) is 26.0. The molecule has 0 saturated carbocycles. The third-order valence-electron chi connectivity index (χ3n) is 5.22. The minimum absolute atomic E-state index is 0.00719. The number of nitrogens with zero attached hydrogens (tertiary/aromatic N) is 3. The van der Waals surface area contributed by atoms with Gasteiger partial charge < -0.3 is 14.8 Å². The number of methoxy groups -OCH3 is 2. The molecule has 12 heteroatoms. The van der Waals surface area contributed by atoms with Crippen LogP contribution in [0.2, 0.25) is 5.02 Å². The van der Waals surface area contributed by atoms with Crippen LogP contribution in [0.15, 0.2) is 78.0 Å². The Hall–Kier alpha value is -4.09. The molecular weight excluding hydrogens is 518 g/mol. The van der Waals surface area contributed by atoms with Gasteiger partial charge in [-0.1, -0.05) is 23.7 Å². The highest BCUT2D eigenvalue weighted by Crippen LogP contribution is 2.27. The molecule has 37 heavy (non-hydrogen) atoms. The summed E-state index contributed by atoms with van der Waals surface area (Å²) in [6, 6.07) is 16.8. The van der Waals surface area contributed by atoms with Crippen molar-refractivity contribution in [2.75, 3.05) is 24.3 Å². The second-order valence-corrected chi connectivity index (χ2v) is 10.0. The number of hydrogen-bond acceptors (Lipinski definition) is 7. The number of carbonyl (C=O) groups is 1. The number of hydrogen-bond donors (Lipinski definition) is 2. The van der Waals surface area contributed by atoms with Gasteiger partial charge in [0.25, 0.3) is 10.0 Å². The minimum Gasteiger partial charge on any atom is -0.497 e. The predicted octanol–water partition coefficient (Wildman–Crippen LogP) is 3.98. The molecule has 2 N–H and O–H groups in total. The van der Waals surface area contributed by atoms with E-state index in [9.17, 15) is 13.2 Å². The summed E-state index contributed by atoms with van der Waals surface area (Å²) in [5, 5.41) is 7.58. The highest BCUT2D eigenvalue weighted by molar-refractivity contribution is 7.92. The van der Waals surface area contributed by atoms with Crippen molar-refractivity contribution in [3.05, 3.63) is 89.3 Å². The van der Waals surface area contributed by atoms with Crippen molar-refractivity contribution < 1.29 is 22.7 Å². The van der Waals surface area contributed by atoms with Crippen molar-refractivity contribution in [2.24, 2.45) is 0 Å². The van der Waals surface area contributed by atoms with Crippen LogP contribution in [0, 0.1) is 0 Å². The van der Waals surface area contributed by atoms with E-state index in [1.807, 2.05) is 24.3 Å². The number of sulfonamides is 1. The zero-order chi connectivity index (χ0) is 26.4. The van der Waals surface area contributed by atoms with Crippen LogP contribution < -0.4 is 19.5 Å². The van der Waals surface area contributed by atoms with Gasteiger partial charge in [0.2, 0.25) is 11.8 Å². The molecule has 0 unspecified atom stereocenters. The van der Waals surface area contributed by atoms with Gasteiger partial charge in [0.1, 0.15) is 5.75 Å². The SMILES string of the molecule is COc1ccc(Cn2ccc(CC(=O)Nc3cnc(OC)c(S(=O)(=O)Nc4ccc(Cl)cc4)c3)n2)cc1. The molecule has 0 bridgehead atoms. The molecule has 0 atom stereocenters. The summed E-state index contributed by atoms with van der Waals surface area (Å²) in [6.07, 6.45) is 3.10. The molecular formula is C25H24ClN5O5S. The number of halogens is 1. The standard InChI is InChI=1S/C25H24ClN5O5S/c1-35-22-9-3-17(4-10-22)16-31-12-11-20(29-31)14-24(32)28-21-13-23(25(36-2)27-15-21)37(33,34)30-19-7-5-18(26)6-8-19/h3-13,15,30H,14,16H2,1-2H3,(H,28,32). The molecule has 2 aromatic carbocycles. The lowest BCUT2D eigenvalue weighted by Crippen LogP contribution is -2.18. The second kappa shape index (κ2) is 11.3. The van der Waals surface area contributed by atoms with Crippen LogP contribution in [-0.2, 0) is 27.8 Å². The number of rotatable bonds is 10. The summed E-state index contributed by atoms with van der Waals surface area (Å²) in [5.41, 5.74) is 2.10. The maximum Gasteiger partial charge on any atom is 0.267 e. The average molecular weight is 542 g/mol. The van der Waals surface area contributed by atoms with Gasteiger partial charge in [-0.05, 0) is 54.1 Å². The molecule has 1 amide bonds. The summed E-state index contributed by atoms with van der Waals surface area (Å²) >= 11 is 5.87. The maximum atomic E-state index is 13.0. The summed E-state index contributed by atoms with van der Waals surface area (Å²) in [7, 11) is -1.15. The smallest absolute Gasteiger partial charge is 0.267 e. The molecule has 0 aliphatic heterocycles. The van der Waals surface area contributed by atoms with E-state index in [-0.39, 0.29) is 28.8 Å². The van der Waals surface area contributed by atoms with E-state index in [1.165, 1.54) is 31.5 Å². The van der Waals surface area contributed by atoms with E-state index in [2.05, 4.69) is 20.1 Å². The fourth-order valence-electron chi connectivity index (χ4n) is 3.45. The predicted molar refractivity (Wildman–Crippen MR) is 140 cm³/mol. The molecule has 192 valence electrons. The van der Waals surface area contributed by atoms with Crippen molar-refractivity contribution in [2.45, 2.75) is 17.9 Å². The molecule has 0 spiro atoms. The van der Waals surface area contributed by atoms with E-state index in [0.717, 1.165) is 11.3 Å². The van der Waals surface area contributed by atoms with Crippen molar-refractivity contribution in [1.82, 2.24) is 14.8 Å². The first-order valence-corrected chi connectivity index (χ1v) is 12.9. The Morgan fingerprint density at radius 1 is 1.00 bits per heavy atom. The van der Waals surface area contributed by atoms with Gasteiger partial charge >= 0.3 is 0 Å². The van der Waals surface area contributed by atoms with Crippen molar-refractivity contribution in [3.63, 3.8) is 0 Å². The summed E-state index contributed by atoms with van der Waals surface area (Å²) in [5.74, 6) is 0.277. The van der Waals surface area contributed by atoms with Gasteiger partial charge in [-0.2, -0.15) is 5.10 Å². The summed E-state index contributed by atoms with van der Waals surface area (Å²) in [4.78, 5) is 16.5. The maximum absolute atomic E-state index is 13.0. The number of nitrogens with one attached hydrogen (secondary N) is 2. The molecule has 0 saturated heterocycles. The quantitative estimate of drug-likeness (QED) is 0.311. The summed E-state index contributed by atoms with van der Waals surface area (Å²) in [6.45, 7) is 0.538. The zero-order valence-electron chi connectivity index (χ0n) is 20.0. The molecule has 0 aliphatic carbocycles. The Labute approximate surface area is 219 Å². The van der Waals surface area contributed by atoms with Crippen molar-refractivity contribution in [1.29, 1.82) is 0 Å². The molecule has 0 aliphatic rings. The van der Waals surface area contributed by atoms with Gasteiger partial charge in [0, 0.05) is 16.9 Å². The van der Waals surface area contributed by atoms with Crippen molar-refractivity contribution in [3.8, 4) is 11.6 Å². The molecule has 0 radical (unpaired) electrons. The van der Waals surface area contributed by atoms with Crippen LogP contribution in [0.5, 0.6) is 11.6 Å². The monoisotopic (exact) mass is 541 g/mol. The molecule has 2 heterocycles. The van der Waals surface area contributed by atoms with Crippen LogP contribution in [0.25, 0.3) is 0 Å². The Kier molecular flexibility index (Phi) is 7.95. The largest absolute Gasteiger partial charge is 0.497 e. The summed E-state index contributed by atoms with van der Waals surface area (Å²) < 4.78 is 40.4. The van der Waals surface area contributed by atoms with E-state index in [4.69, 9.17) is 21.1 Å². The number of ether oxygens (including phenoxy) is 2. The highest BCUT2D eigenvalue weighted by Gasteiger charge is 2.22. The van der Waals surface area contributed by atoms with E-state index in [1.54, 1.807) is 36.2 Å².